The molecule has 0 aromatic carbocycles. The maximum Gasteiger partial charge on any atom is 0.248 e. The highest BCUT2D eigenvalue weighted by Gasteiger charge is 2.15. The summed E-state index contributed by atoms with van der Waals surface area (Å²) in [5, 5.41) is 3.21. The van der Waals surface area contributed by atoms with E-state index in [0.717, 1.165) is 39.0 Å². The molecule has 0 unspecified atom stereocenters. The Balaban J connectivity index is 2.07. The second-order valence-corrected chi connectivity index (χ2v) is 3.54. The molecular weight excluding hydrogens is 180 g/mol. The van der Waals surface area contributed by atoms with Crippen LogP contribution in [0.2, 0.25) is 0 Å². The Hall–Kier alpha value is -0.610. The fourth-order valence-corrected chi connectivity index (χ4v) is 1.41. The second kappa shape index (κ2) is 6.79. The van der Waals surface area contributed by atoms with Crippen molar-refractivity contribution in [3.63, 3.8) is 0 Å². The van der Waals surface area contributed by atoms with E-state index >= 15 is 0 Å². The summed E-state index contributed by atoms with van der Waals surface area (Å²) in [4.78, 5) is 13.4. The molecule has 1 fully saturated rings. The molecule has 0 radical (unpaired) electrons. The number of hydrogen-bond acceptors (Lipinski definition) is 3. The van der Waals surface area contributed by atoms with Crippen molar-refractivity contribution >= 4 is 5.91 Å². The minimum absolute atomic E-state index is 0.127. The van der Waals surface area contributed by atoms with Crippen molar-refractivity contribution < 1.29 is 9.53 Å². The van der Waals surface area contributed by atoms with Gasteiger partial charge in [-0.25, -0.2) is 0 Å². The van der Waals surface area contributed by atoms with Gasteiger partial charge in [-0.05, 0) is 6.42 Å². The number of piperazine rings is 1. The molecule has 1 rings (SSSR count). The number of carbonyl (C=O) groups is 1. The van der Waals surface area contributed by atoms with E-state index in [-0.39, 0.29) is 12.5 Å². The first-order valence-electron chi connectivity index (χ1n) is 5.41. The Morgan fingerprint density at radius 3 is 2.79 bits per heavy atom. The van der Waals surface area contributed by atoms with E-state index in [2.05, 4.69) is 12.2 Å². The normalized spacial score (nSPS) is 17.1. The molecule has 4 heteroatoms. The third-order valence-electron chi connectivity index (χ3n) is 2.34. The van der Waals surface area contributed by atoms with Crippen LogP contribution in [0.15, 0.2) is 0 Å². The van der Waals surface area contributed by atoms with E-state index in [1.807, 2.05) is 4.90 Å². The maximum absolute atomic E-state index is 11.5. The summed E-state index contributed by atoms with van der Waals surface area (Å²) < 4.78 is 5.28. The van der Waals surface area contributed by atoms with Gasteiger partial charge < -0.3 is 15.0 Å². The van der Waals surface area contributed by atoms with Gasteiger partial charge in [0.1, 0.15) is 6.61 Å². The zero-order valence-electron chi connectivity index (χ0n) is 8.92. The first-order chi connectivity index (χ1) is 6.84. The highest BCUT2D eigenvalue weighted by molar-refractivity contribution is 5.77. The largest absolute Gasteiger partial charge is 0.372 e. The zero-order chi connectivity index (χ0) is 10.2. The van der Waals surface area contributed by atoms with E-state index in [9.17, 15) is 4.79 Å². The first-order valence-corrected chi connectivity index (χ1v) is 5.41. The Kier molecular flexibility index (Phi) is 5.56. The molecule has 14 heavy (non-hydrogen) atoms. The van der Waals surface area contributed by atoms with Gasteiger partial charge in [-0.1, -0.05) is 13.3 Å². The van der Waals surface area contributed by atoms with E-state index < -0.39 is 0 Å². The fraction of sp³-hybridized carbons (Fsp3) is 0.900. The number of ether oxygens (including phenoxy) is 1. The highest BCUT2D eigenvalue weighted by Crippen LogP contribution is 1.95. The van der Waals surface area contributed by atoms with Crippen LogP contribution in [-0.2, 0) is 9.53 Å². The van der Waals surface area contributed by atoms with Crippen LogP contribution in [-0.4, -0.2) is 50.2 Å². The summed E-state index contributed by atoms with van der Waals surface area (Å²) in [5.41, 5.74) is 0. The van der Waals surface area contributed by atoms with Crippen molar-refractivity contribution in [1.82, 2.24) is 10.2 Å². The van der Waals surface area contributed by atoms with Gasteiger partial charge in [0.25, 0.3) is 0 Å². The van der Waals surface area contributed by atoms with E-state index in [1.54, 1.807) is 0 Å². The van der Waals surface area contributed by atoms with Crippen molar-refractivity contribution in [2.75, 3.05) is 39.4 Å². The lowest BCUT2D eigenvalue weighted by Crippen LogP contribution is -2.47. The SMILES string of the molecule is CCCCOCC(=O)N1CCNCC1. The Bertz CT molecular complexity index is 168. The molecule has 1 amide bonds. The minimum atomic E-state index is 0.127. The number of amides is 1. The zero-order valence-corrected chi connectivity index (χ0v) is 8.92. The van der Waals surface area contributed by atoms with Crippen molar-refractivity contribution in [3.8, 4) is 0 Å². The Labute approximate surface area is 85.6 Å². The average Bonchev–Trinajstić information content (AvgIpc) is 2.25. The number of rotatable bonds is 5. The smallest absolute Gasteiger partial charge is 0.248 e. The van der Waals surface area contributed by atoms with Gasteiger partial charge in [0.15, 0.2) is 0 Å². The van der Waals surface area contributed by atoms with Crippen molar-refractivity contribution in [1.29, 1.82) is 0 Å². The molecule has 1 heterocycles. The topological polar surface area (TPSA) is 41.6 Å². The quantitative estimate of drug-likeness (QED) is 0.646. The van der Waals surface area contributed by atoms with E-state index in [0.29, 0.717) is 6.61 Å². The van der Waals surface area contributed by atoms with Gasteiger partial charge in [-0.3, -0.25) is 4.79 Å². The first kappa shape index (κ1) is 11.5. The van der Waals surface area contributed by atoms with Crippen LogP contribution in [0.25, 0.3) is 0 Å². The highest BCUT2D eigenvalue weighted by atomic mass is 16.5. The number of nitrogens with one attached hydrogen (secondary N) is 1. The summed E-state index contributed by atoms with van der Waals surface area (Å²) in [6, 6.07) is 0. The molecule has 4 nitrogen and oxygen atoms in total. The van der Waals surface area contributed by atoms with Crippen LogP contribution in [0, 0.1) is 0 Å². The number of unbranched alkanes of at least 4 members (excludes halogenated alkanes) is 1. The molecule has 1 aliphatic heterocycles. The van der Waals surface area contributed by atoms with Gasteiger partial charge in [0.2, 0.25) is 5.91 Å². The maximum atomic E-state index is 11.5. The molecule has 0 aromatic heterocycles. The van der Waals surface area contributed by atoms with Crippen LogP contribution in [0.3, 0.4) is 0 Å². The fourth-order valence-electron chi connectivity index (χ4n) is 1.41. The molecule has 0 saturated carbocycles. The number of carbonyl (C=O) groups excluding carboxylic acids is 1. The van der Waals surface area contributed by atoms with Gasteiger partial charge >= 0.3 is 0 Å². The van der Waals surface area contributed by atoms with Gasteiger partial charge in [0.05, 0.1) is 0 Å². The second-order valence-electron chi connectivity index (χ2n) is 3.54. The molecule has 0 aromatic rings. The molecule has 0 bridgehead atoms. The van der Waals surface area contributed by atoms with E-state index in [4.69, 9.17) is 4.74 Å². The van der Waals surface area contributed by atoms with Gasteiger partial charge in [-0.2, -0.15) is 0 Å². The third kappa shape index (κ3) is 4.07. The standard InChI is InChI=1S/C10H20N2O2/c1-2-3-8-14-9-10(13)12-6-4-11-5-7-12/h11H,2-9H2,1H3. The molecule has 1 saturated heterocycles. The van der Waals surface area contributed by atoms with Gasteiger partial charge in [0, 0.05) is 32.8 Å². The monoisotopic (exact) mass is 200 g/mol. The van der Waals surface area contributed by atoms with Crippen molar-refractivity contribution in [3.05, 3.63) is 0 Å². The van der Waals surface area contributed by atoms with Crippen LogP contribution in [0.5, 0.6) is 0 Å². The summed E-state index contributed by atoms with van der Waals surface area (Å²) in [6.07, 6.45) is 2.15. The van der Waals surface area contributed by atoms with Gasteiger partial charge in [-0.15, -0.1) is 0 Å². The molecule has 1 N–H and O–H groups in total. The summed E-state index contributed by atoms with van der Waals surface area (Å²) >= 11 is 0. The van der Waals surface area contributed by atoms with Crippen molar-refractivity contribution in [2.45, 2.75) is 19.8 Å². The average molecular weight is 200 g/mol. The molecular formula is C10H20N2O2. The predicted octanol–water partition coefficient (Wildman–Crippen LogP) is 0.235. The molecule has 82 valence electrons. The third-order valence-corrected chi connectivity index (χ3v) is 2.34. The summed E-state index contributed by atoms with van der Waals surface area (Å²) in [7, 11) is 0. The van der Waals surface area contributed by atoms with Crippen molar-refractivity contribution in [2.24, 2.45) is 0 Å². The summed E-state index contributed by atoms with van der Waals surface area (Å²) in [5.74, 6) is 0.127. The Morgan fingerprint density at radius 2 is 2.14 bits per heavy atom. The number of nitrogens with zero attached hydrogens (tertiary/aromatic N) is 1. The van der Waals surface area contributed by atoms with Crippen LogP contribution in [0.4, 0.5) is 0 Å². The van der Waals surface area contributed by atoms with Crippen LogP contribution in [0.1, 0.15) is 19.8 Å². The Morgan fingerprint density at radius 1 is 1.43 bits per heavy atom. The number of hydrogen-bond donors (Lipinski definition) is 1. The van der Waals surface area contributed by atoms with Crippen LogP contribution >= 0.6 is 0 Å². The van der Waals surface area contributed by atoms with Crippen LogP contribution < -0.4 is 5.32 Å². The lowest BCUT2D eigenvalue weighted by Gasteiger charge is -2.27. The minimum Gasteiger partial charge on any atom is -0.372 e. The summed E-state index contributed by atoms with van der Waals surface area (Å²) in [6.45, 7) is 6.50. The molecule has 0 atom stereocenters. The lowest BCUT2D eigenvalue weighted by atomic mass is 10.3. The van der Waals surface area contributed by atoms with E-state index in [1.165, 1.54) is 0 Å². The molecule has 0 spiro atoms. The lowest BCUT2D eigenvalue weighted by molar-refractivity contribution is -0.136. The predicted molar refractivity (Wildman–Crippen MR) is 55.2 cm³/mol. The molecule has 0 aliphatic carbocycles. The molecule has 1 aliphatic rings.